The number of carbonyl (C=O) groups excluding carboxylic acids is 1. The molecule has 2 nitrogen and oxygen atoms in total. The van der Waals surface area contributed by atoms with Crippen molar-refractivity contribution in [1.29, 1.82) is 0 Å². The van der Waals surface area contributed by atoms with E-state index in [4.69, 9.17) is 4.74 Å². The van der Waals surface area contributed by atoms with E-state index in [1.54, 1.807) is 0 Å². The normalized spacial score (nSPS) is 14.8. The summed E-state index contributed by atoms with van der Waals surface area (Å²) in [6.45, 7) is 3.73. The summed E-state index contributed by atoms with van der Waals surface area (Å²) in [4.78, 5) is 11.4. The highest BCUT2D eigenvalue weighted by Crippen LogP contribution is 2.33. The Kier molecular flexibility index (Phi) is 1.83. The Morgan fingerprint density at radius 3 is 2.81 bits per heavy atom. The van der Waals surface area contributed by atoms with E-state index in [9.17, 15) is 4.79 Å². The van der Waals surface area contributed by atoms with Crippen LogP contribution in [0.15, 0.2) is 48.6 Å². The summed E-state index contributed by atoms with van der Waals surface area (Å²) in [7, 11) is 0. The average Bonchev–Trinajstić information content (AvgIpc) is 2.31. The van der Waals surface area contributed by atoms with E-state index in [1.807, 2.05) is 30.3 Å². The number of benzene rings is 2. The number of carbonyl (C=O) groups is 1. The molecule has 0 saturated heterocycles. The van der Waals surface area contributed by atoms with Crippen LogP contribution < -0.4 is 4.74 Å². The molecule has 0 fully saturated rings. The molecule has 0 N–H and O–H groups in total. The fourth-order valence-electron chi connectivity index (χ4n) is 2.05. The van der Waals surface area contributed by atoms with Gasteiger partial charge in [-0.1, -0.05) is 36.9 Å². The quantitative estimate of drug-likeness (QED) is 0.379. The van der Waals surface area contributed by atoms with Gasteiger partial charge in [0.05, 0.1) is 0 Å². The van der Waals surface area contributed by atoms with Crippen molar-refractivity contribution in [2.75, 3.05) is 0 Å². The summed E-state index contributed by atoms with van der Waals surface area (Å²) < 4.78 is 5.21. The molecule has 0 bridgehead atoms. The molecule has 3 rings (SSSR count). The van der Waals surface area contributed by atoms with Crippen molar-refractivity contribution in [1.82, 2.24) is 0 Å². The van der Waals surface area contributed by atoms with Gasteiger partial charge in [0, 0.05) is 17.6 Å². The largest absolute Gasteiger partial charge is 0.423 e. The van der Waals surface area contributed by atoms with Crippen LogP contribution in [0.2, 0.25) is 0 Å². The predicted molar refractivity (Wildman–Crippen MR) is 62.4 cm³/mol. The number of esters is 1. The molecule has 0 aliphatic carbocycles. The van der Waals surface area contributed by atoms with E-state index in [-0.39, 0.29) is 5.97 Å². The van der Waals surface area contributed by atoms with E-state index in [1.165, 1.54) is 0 Å². The van der Waals surface area contributed by atoms with Gasteiger partial charge in [-0.25, -0.2) is 4.79 Å². The van der Waals surface area contributed by atoms with Crippen LogP contribution in [0.4, 0.5) is 0 Å². The van der Waals surface area contributed by atoms with Gasteiger partial charge in [0.2, 0.25) is 0 Å². The molecule has 0 unspecified atom stereocenters. The van der Waals surface area contributed by atoms with Gasteiger partial charge in [0.25, 0.3) is 0 Å². The second-order valence-corrected chi connectivity index (χ2v) is 3.93. The predicted octanol–water partition coefficient (Wildman–Crippen LogP) is 2.86. The van der Waals surface area contributed by atoms with Gasteiger partial charge in [-0.05, 0) is 16.8 Å². The number of hydrogen-bond donors (Lipinski definition) is 0. The van der Waals surface area contributed by atoms with E-state index in [2.05, 4.69) is 12.6 Å². The highest BCUT2D eigenvalue weighted by Gasteiger charge is 2.22. The Balaban J connectivity index is 2.31. The van der Waals surface area contributed by atoms with Crippen molar-refractivity contribution in [3.63, 3.8) is 0 Å². The highest BCUT2D eigenvalue weighted by atomic mass is 16.5. The molecule has 0 atom stereocenters. The van der Waals surface area contributed by atoms with Gasteiger partial charge in [-0.2, -0.15) is 0 Å². The van der Waals surface area contributed by atoms with E-state index < -0.39 is 0 Å². The Labute approximate surface area is 93.2 Å². The molecule has 16 heavy (non-hydrogen) atoms. The Bertz CT molecular complexity index is 611. The Morgan fingerprint density at radius 2 is 1.94 bits per heavy atom. The van der Waals surface area contributed by atoms with E-state index in [0.717, 1.165) is 16.3 Å². The molecule has 1 aliphatic heterocycles. The molecule has 1 aliphatic rings. The number of rotatable bonds is 0. The molecular weight excluding hydrogens is 200 g/mol. The molecule has 2 heteroatoms. The summed E-state index contributed by atoms with van der Waals surface area (Å²) in [6, 6.07) is 11.9. The van der Waals surface area contributed by atoms with Crippen molar-refractivity contribution < 1.29 is 9.53 Å². The minimum atomic E-state index is -0.317. The first-order valence-corrected chi connectivity index (χ1v) is 5.16. The Morgan fingerprint density at radius 1 is 1.12 bits per heavy atom. The van der Waals surface area contributed by atoms with Crippen LogP contribution >= 0.6 is 0 Å². The molecule has 0 aromatic heterocycles. The lowest BCUT2D eigenvalue weighted by atomic mass is 9.96. The lowest BCUT2D eigenvalue weighted by molar-refractivity contribution is -0.130. The van der Waals surface area contributed by atoms with Gasteiger partial charge >= 0.3 is 5.97 Å². The smallest absolute Gasteiger partial charge is 0.339 e. The molecule has 0 radical (unpaired) electrons. The maximum Gasteiger partial charge on any atom is 0.339 e. The Hall–Kier alpha value is -2.09. The molecule has 0 amide bonds. The van der Waals surface area contributed by atoms with Crippen LogP contribution in [0.25, 0.3) is 10.8 Å². The molecular formula is C14H10O2. The van der Waals surface area contributed by atoms with Gasteiger partial charge in [-0.3, -0.25) is 0 Å². The van der Waals surface area contributed by atoms with Crippen LogP contribution in [0, 0.1) is 0 Å². The van der Waals surface area contributed by atoms with Gasteiger partial charge in [-0.15, -0.1) is 0 Å². The van der Waals surface area contributed by atoms with Crippen LogP contribution in [-0.2, 0) is 11.2 Å². The average molecular weight is 210 g/mol. The van der Waals surface area contributed by atoms with Crippen molar-refractivity contribution in [2.45, 2.75) is 6.42 Å². The van der Waals surface area contributed by atoms with Crippen LogP contribution in [0.5, 0.6) is 5.75 Å². The monoisotopic (exact) mass is 210 g/mol. The summed E-state index contributed by atoms with van der Waals surface area (Å²) >= 11 is 0. The number of hydrogen-bond acceptors (Lipinski definition) is 2. The van der Waals surface area contributed by atoms with Gasteiger partial charge in [0.1, 0.15) is 5.75 Å². The third-order valence-corrected chi connectivity index (χ3v) is 2.88. The third kappa shape index (κ3) is 1.23. The first-order chi connectivity index (χ1) is 7.75. The van der Waals surface area contributed by atoms with Crippen LogP contribution in [-0.4, -0.2) is 5.97 Å². The van der Waals surface area contributed by atoms with Gasteiger partial charge < -0.3 is 4.74 Å². The zero-order valence-electron chi connectivity index (χ0n) is 8.69. The van der Waals surface area contributed by atoms with Crippen LogP contribution in [0.3, 0.4) is 0 Å². The summed E-state index contributed by atoms with van der Waals surface area (Å²) in [6.07, 6.45) is 0.579. The second-order valence-electron chi connectivity index (χ2n) is 3.93. The maximum absolute atomic E-state index is 11.4. The standard InChI is InChI=1S/C14H10O2/c1-9-8-12-11-5-3-2-4-10(11)6-7-13(12)16-14(9)15/h2-7H,1,8H2. The first-order valence-electron chi connectivity index (χ1n) is 5.16. The highest BCUT2D eigenvalue weighted by molar-refractivity contribution is 5.97. The van der Waals surface area contributed by atoms with E-state index in [0.29, 0.717) is 17.7 Å². The SMILES string of the molecule is C=C1Cc2c(ccc3ccccc23)OC1=O. The maximum atomic E-state index is 11.4. The molecule has 0 saturated carbocycles. The van der Waals surface area contributed by atoms with Crippen molar-refractivity contribution in [2.24, 2.45) is 0 Å². The fraction of sp³-hybridized carbons (Fsp3) is 0.0714. The third-order valence-electron chi connectivity index (χ3n) is 2.88. The zero-order valence-corrected chi connectivity index (χ0v) is 8.69. The molecule has 78 valence electrons. The summed E-state index contributed by atoms with van der Waals surface area (Å²) in [5, 5.41) is 2.29. The lowest BCUT2D eigenvalue weighted by Gasteiger charge is -2.18. The summed E-state index contributed by atoms with van der Waals surface area (Å²) in [5.41, 5.74) is 1.58. The van der Waals surface area contributed by atoms with E-state index >= 15 is 0 Å². The topological polar surface area (TPSA) is 26.3 Å². The molecule has 2 aromatic rings. The van der Waals surface area contributed by atoms with Crippen LogP contribution in [0.1, 0.15) is 5.56 Å². The number of fused-ring (bicyclic) bond motifs is 3. The van der Waals surface area contributed by atoms with Gasteiger partial charge in [0.15, 0.2) is 0 Å². The van der Waals surface area contributed by atoms with Crippen molar-refractivity contribution in [3.8, 4) is 5.75 Å². The second kappa shape index (κ2) is 3.20. The van der Waals surface area contributed by atoms with Crippen molar-refractivity contribution in [3.05, 3.63) is 54.1 Å². The lowest BCUT2D eigenvalue weighted by Crippen LogP contribution is -2.18. The number of ether oxygens (including phenoxy) is 1. The van der Waals surface area contributed by atoms with Crippen molar-refractivity contribution >= 4 is 16.7 Å². The molecule has 0 spiro atoms. The minimum absolute atomic E-state index is 0.317. The first kappa shape index (κ1) is 9.16. The molecule has 1 heterocycles. The zero-order chi connectivity index (χ0) is 11.1. The minimum Gasteiger partial charge on any atom is -0.423 e. The summed E-state index contributed by atoms with van der Waals surface area (Å²) in [5.74, 6) is 0.346. The molecule has 2 aromatic carbocycles. The fourth-order valence-corrected chi connectivity index (χ4v) is 2.05.